The molecule has 2 aromatic rings. The van der Waals surface area contributed by atoms with E-state index in [9.17, 15) is 9.59 Å². The number of amides is 1. The minimum atomic E-state index is -2.81. The zero-order valence-electron chi connectivity index (χ0n) is 18.0. The average Bonchev–Trinajstić information content (AvgIpc) is 2.76. The third kappa shape index (κ3) is 10.8. The Morgan fingerprint density at radius 1 is 1.06 bits per heavy atom. The van der Waals surface area contributed by atoms with Crippen molar-refractivity contribution < 1.29 is 28.3 Å². The number of rotatable bonds is 10. The highest BCUT2D eigenvalue weighted by Gasteiger charge is 2.22. The van der Waals surface area contributed by atoms with Crippen molar-refractivity contribution in [3.8, 4) is 5.75 Å². The number of benzene rings is 2. The molecule has 0 saturated heterocycles. The fourth-order valence-electron chi connectivity index (χ4n) is 2.33. The van der Waals surface area contributed by atoms with Crippen LogP contribution in [0.4, 0.5) is 0 Å². The fourth-order valence-corrected chi connectivity index (χ4v) is 4.06. The van der Waals surface area contributed by atoms with Crippen molar-refractivity contribution >= 4 is 53.6 Å². The van der Waals surface area contributed by atoms with Gasteiger partial charge in [-0.05, 0) is 36.6 Å². The molecule has 0 atom stereocenters. The lowest BCUT2D eigenvalue weighted by Crippen LogP contribution is -2.25. The van der Waals surface area contributed by atoms with Gasteiger partial charge >= 0.3 is 12.7 Å². The summed E-state index contributed by atoms with van der Waals surface area (Å²) in [4.78, 5) is 21.4. The van der Waals surface area contributed by atoms with E-state index in [0.717, 1.165) is 17.5 Å². The molecule has 0 spiro atoms. The van der Waals surface area contributed by atoms with Gasteiger partial charge in [0.05, 0.1) is 16.5 Å². The Kier molecular flexibility index (Phi) is 12.8. The van der Waals surface area contributed by atoms with Crippen LogP contribution in [0.3, 0.4) is 0 Å². The lowest BCUT2D eigenvalue weighted by atomic mass is 10.1. The van der Waals surface area contributed by atoms with Gasteiger partial charge in [-0.3, -0.25) is 9.59 Å². The number of aliphatic carboxylic acids is 1. The summed E-state index contributed by atoms with van der Waals surface area (Å²) in [7, 11) is 2.83. The zero-order valence-corrected chi connectivity index (χ0v) is 21.2. The zero-order chi connectivity index (χ0) is 24.1. The maximum Gasteiger partial charge on any atom is 0.380 e. The van der Waals surface area contributed by atoms with Crippen LogP contribution in [0, 0.1) is 6.92 Å². The van der Waals surface area contributed by atoms with E-state index in [2.05, 4.69) is 5.32 Å². The van der Waals surface area contributed by atoms with E-state index in [1.165, 1.54) is 14.2 Å². The van der Waals surface area contributed by atoms with Crippen LogP contribution >= 0.6 is 29.9 Å². The van der Waals surface area contributed by atoms with Crippen LogP contribution in [-0.4, -0.2) is 37.7 Å². The van der Waals surface area contributed by atoms with Gasteiger partial charge in [-0.2, -0.15) is 0 Å². The molecular weight excluding hydrogens is 496 g/mol. The molecule has 0 bridgehead atoms. The Hall–Kier alpha value is -1.67. The van der Waals surface area contributed by atoms with Gasteiger partial charge in [0.1, 0.15) is 0 Å². The first-order valence-corrected chi connectivity index (χ1v) is 12.8. The van der Waals surface area contributed by atoms with Crippen LogP contribution < -0.4 is 9.84 Å². The molecule has 0 unspecified atom stereocenters. The van der Waals surface area contributed by atoms with Gasteiger partial charge in [0.25, 0.3) is 0 Å². The van der Waals surface area contributed by atoms with Crippen LogP contribution in [0.25, 0.3) is 0 Å². The number of aryl methyl sites for hydroxylation is 1. The molecule has 0 saturated carbocycles. The first-order chi connectivity index (χ1) is 15.1. The maximum absolute atomic E-state index is 11.2. The van der Waals surface area contributed by atoms with Crippen LogP contribution in [0.15, 0.2) is 42.5 Å². The van der Waals surface area contributed by atoms with E-state index in [4.69, 9.17) is 53.7 Å². The summed E-state index contributed by atoms with van der Waals surface area (Å²) >= 11 is 17.1. The summed E-state index contributed by atoms with van der Waals surface area (Å²) in [6.45, 7) is -0.384. The van der Waals surface area contributed by atoms with Crippen LogP contribution in [0.2, 0.25) is 10.0 Å². The molecule has 7 nitrogen and oxygen atoms in total. The molecule has 2 N–H and O–H groups in total. The second kappa shape index (κ2) is 14.5. The number of carbonyl (C=O) groups is 2. The van der Waals surface area contributed by atoms with E-state index in [1.807, 2.05) is 37.3 Å². The maximum atomic E-state index is 11.2. The molecule has 176 valence electrons. The van der Waals surface area contributed by atoms with E-state index in [1.54, 1.807) is 12.1 Å². The molecule has 1 amide bonds. The first kappa shape index (κ1) is 28.4. The molecule has 0 aliphatic carbocycles. The largest absolute Gasteiger partial charge is 0.481 e. The second-order valence-corrected chi connectivity index (χ2v) is 10.4. The highest BCUT2D eigenvalue weighted by molar-refractivity contribution is 8.07. The van der Waals surface area contributed by atoms with Crippen LogP contribution in [-0.2, 0) is 36.9 Å². The van der Waals surface area contributed by atoms with Gasteiger partial charge in [-0.15, -0.1) is 0 Å². The normalized spacial score (nSPS) is 10.7. The van der Waals surface area contributed by atoms with Gasteiger partial charge < -0.3 is 24.0 Å². The molecule has 0 aliphatic heterocycles. The summed E-state index contributed by atoms with van der Waals surface area (Å²) in [5.41, 5.74) is 2.09. The van der Waals surface area contributed by atoms with E-state index in [-0.39, 0.29) is 18.7 Å². The number of nitrogens with one attached hydrogen (secondary N) is 1. The van der Waals surface area contributed by atoms with Gasteiger partial charge in [-0.25, -0.2) is 0 Å². The minimum absolute atomic E-state index is 0.0458. The number of carboxylic acid groups (broad SMARTS) is 1. The quantitative estimate of drug-likeness (QED) is 0.403. The Morgan fingerprint density at radius 3 is 2.12 bits per heavy atom. The van der Waals surface area contributed by atoms with Crippen molar-refractivity contribution in [3.05, 3.63) is 63.6 Å². The van der Waals surface area contributed by atoms with Crippen molar-refractivity contribution in [1.82, 2.24) is 5.32 Å². The lowest BCUT2D eigenvalue weighted by Gasteiger charge is -2.19. The van der Waals surface area contributed by atoms with Crippen LogP contribution in [0.5, 0.6) is 5.75 Å². The van der Waals surface area contributed by atoms with Crippen molar-refractivity contribution in [1.29, 1.82) is 0 Å². The molecule has 0 heterocycles. The Balaban J connectivity index is 0.000000320. The van der Waals surface area contributed by atoms with Crippen molar-refractivity contribution in [2.45, 2.75) is 26.2 Å². The fraction of sp³-hybridized carbons (Fsp3) is 0.333. The third-order valence-electron chi connectivity index (χ3n) is 3.94. The van der Waals surface area contributed by atoms with Crippen LogP contribution in [0.1, 0.15) is 24.0 Å². The molecular formula is C21H26Cl2NO6PS. The Bertz CT molecular complexity index is 914. The van der Waals surface area contributed by atoms with E-state index in [0.29, 0.717) is 22.3 Å². The molecule has 0 radical (unpaired) electrons. The molecule has 0 aromatic heterocycles. The SMILES string of the molecule is COP(=S)(OC)Oc1c(Cl)cc(C)cc1Cl.O=C(O)CCC(=O)NCCc1ccccc1. The lowest BCUT2D eigenvalue weighted by molar-refractivity contribution is -0.138. The first-order valence-electron chi connectivity index (χ1n) is 9.49. The summed E-state index contributed by atoms with van der Waals surface area (Å²) < 4.78 is 15.4. The molecule has 2 aromatic carbocycles. The highest BCUT2D eigenvalue weighted by Crippen LogP contribution is 2.51. The topological polar surface area (TPSA) is 94.1 Å². The number of hydrogen-bond donors (Lipinski definition) is 2. The monoisotopic (exact) mass is 521 g/mol. The summed E-state index contributed by atoms with van der Waals surface area (Å²) in [6, 6.07) is 13.3. The van der Waals surface area contributed by atoms with Gasteiger partial charge in [0, 0.05) is 39.0 Å². The summed E-state index contributed by atoms with van der Waals surface area (Å²) in [5, 5.41) is 11.8. The third-order valence-corrected chi connectivity index (χ3v) is 6.92. The smallest absolute Gasteiger partial charge is 0.380 e. The van der Waals surface area contributed by atoms with Gasteiger partial charge in [-0.1, -0.05) is 53.5 Å². The number of halogens is 2. The second-order valence-electron chi connectivity index (χ2n) is 6.44. The molecule has 0 fully saturated rings. The Labute approximate surface area is 203 Å². The predicted octanol–water partition coefficient (Wildman–Crippen LogP) is 5.41. The molecule has 32 heavy (non-hydrogen) atoms. The molecule has 0 aliphatic rings. The predicted molar refractivity (Wildman–Crippen MR) is 130 cm³/mol. The highest BCUT2D eigenvalue weighted by atomic mass is 35.5. The minimum Gasteiger partial charge on any atom is -0.481 e. The molecule has 2 rings (SSSR count). The average molecular weight is 522 g/mol. The van der Waals surface area contributed by atoms with Crippen molar-refractivity contribution in [3.63, 3.8) is 0 Å². The molecule has 11 heteroatoms. The summed E-state index contributed by atoms with van der Waals surface area (Å²) in [6.07, 6.45) is 0.695. The van der Waals surface area contributed by atoms with Crippen molar-refractivity contribution in [2.75, 3.05) is 20.8 Å². The number of carboxylic acids is 1. The summed E-state index contributed by atoms with van der Waals surface area (Å²) in [5.74, 6) is -0.863. The number of hydrogen-bond acceptors (Lipinski definition) is 6. The van der Waals surface area contributed by atoms with Gasteiger partial charge in [0.15, 0.2) is 5.75 Å². The van der Waals surface area contributed by atoms with Crippen molar-refractivity contribution in [2.24, 2.45) is 0 Å². The van der Waals surface area contributed by atoms with E-state index >= 15 is 0 Å². The van der Waals surface area contributed by atoms with E-state index < -0.39 is 12.7 Å². The number of carbonyl (C=O) groups excluding carboxylic acids is 1. The Morgan fingerprint density at radius 2 is 1.62 bits per heavy atom. The standard InChI is InChI=1S/C12H15NO3.C9H11Cl2O3PS/c14-11(6-7-12(15)16)13-9-8-10-4-2-1-3-5-10;1-6-4-7(10)9(8(11)5-6)14-15(16,12-2)13-3/h1-5H,6-9H2,(H,13,14)(H,15,16);4-5H,1-3H3. The van der Waals surface area contributed by atoms with Gasteiger partial charge in [0.2, 0.25) is 5.91 Å².